The molecule has 444 valence electrons. The lowest BCUT2D eigenvalue weighted by Crippen LogP contribution is -2.45. The van der Waals surface area contributed by atoms with E-state index in [4.69, 9.17) is 4.74 Å². The molecule has 0 aromatic carbocycles. The van der Waals surface area contributed by atoms with E-state index in [0.29, 0.717) is 25.9 Å². The number of aliphatic hydroxyl groups excluding tert-OH is 2. The molecule has 0 fully saturated rings. The first-order chi connectivity index (χ1) is 37.0. The molecule has 0 saturated heterocycles. The van der Waals surface area contributed by atoms with Crippen LogP contribution in [0.15, 0.2) is 24.3 Å². The van der Waals surface area contributed by atoms with Crippen molar-refractivity contribution in [2.24, 2.45) is 0 Å². The average molecular weight is 1060 g/mol. The second-order valence-corrected chi connectivity index (χ2v) is 23.5. The summed E-state index contributed by atoms with van der Waals surface area (Å²) in [4.78, 5) is 24.6. The molecule has 1 amide bonds. The normalized spacial score (nSPS) is 12.6. The number of ether oxygens (including phenoxy) is 1. The van der Waals surface area contributed by atoms with Gasteiger partial charge in [0.05, 0.1) is 25.4 Å². The first-order valence-corrected chi connectivity index (χ1v) is 34.1. The van der Waals surface area contributed by atoms with Crippen LogP contribution in [0.5, 0.6) is 0 Å². The highest BCUT2D eigenvalue weighted by molar-refractivity contribution is 5.76. The number of carbonyl (C=O) groups excluding carboxylic acids is 2. The molecule has 0 heterocycles. The fourth-order valence-electron chi connectivity index (χ4n) is 10.8. The van der Waals surface area contributed by atoms with Crippen LogP contribution in [0, 0.1) is 0 Å². The third-order valence-corrected chi connectivity index (χ3v) is 16.0. The van der Waals surface area contributed by atoms with Crippen LogP contribution in [0.1, 0.15) is 380 Å². The molecule has 0 aromatic rings. The molecule has 0 saturated carbocycles. The van der Waals surface area contributed by atoms with Gasteiger partial charge in [-0.05, 0) is 44.9 Å². The third-order valence-electron chi connectivity index (χ3n) is 16.0. The Labute approximate surface area is 469 Å². The number of esters is 1. The van der Waals surface area contributed by atoms with Crippen molar-refractivity contribution in [1.82, 2.24) is 5.32 Å². The van der Waals surface area contributed by atoms with E-state index >= 15 is 0 Å². The number of hydrogen-bond donors (Lipinski definition) is 3. The monoisotopic (exact) mass is 1060 g/mol. The summed E-state index contributed by atoms with van der Waals surface area (Å²) < 4.78 is 5.44. The highest BCUT2D eigenvalue weighted by atomic mass is 16.5. The number of rotatable bonds is 64. The molecule has 0 rings (SSSR count). The van der Waals surface area contributed by atoms with E-state index in [1.165, 1.54) is 295 Å². The van der Waals surface area contributed by atoms with Gasteiger partial charge in [-0.2, -0.15) is 0 Å². The Morgan fingerprint density at radius 1 is 0.373 bits per heavy atom. The molecule has 0 aliphatic carbocycles. The molecule has 0 aliphatic heterocycles. The number of amides is 1. The van der Waals surface area contributed by atoms with Gasteiger partial charge >= 0.3 is 5.97 Å². The number of unbranched alkanes of at least 4 members (excludes halogenated alkanes) is 49. The zero-order valence-corrected chi connectivity index (χ0v) is 50.8. The molecule has 6 nitrogen and oxygen atoms in total. The molecular formula is C69H133NO5. The van der Waals surface area contributed by atoms with Crippen LogP contribution < -0.4 is 5.32 Å². The second kappa shape index (κ2) is 64.9. The number of hydrogen-bond acceptors (Lipinski definition) is 5. The van der Waals surface area contributed by atoms with Gasteiger partial charge in [0.25, 0.3) is 0 Å². The van der Waals surface area contributed by atoms with Crippen molar-refractivity contribution in [3.8, 4) is 0 Å². The maximum absolute atomic E-state index is 12.5. The lowest BCUT2D eigenvalue weighted by Gasteiger charge is -2.22. The molecule has 75 heavy (non-hydrogen) atoms. The number of carbonyl (C=O) groups is 2. The predicted molar refractivity (Wildman–Crippen MR) is 329 cm³/mol. The van der Waals surface area contributed by atoms with Gasteiger partial charge in [0.2, 0.25) is 5.91 Å². The van der Waals surface area contributed by atoms with Crippen molar-refractivity contribution in [1.29, 1.82) is 0 Å². The molecule has 2 atom stereocenters. The van der Waals surface area contributed by atoms with Gasteiger partial charge in [0.1, 0.15) is 0 Å². The first kappa shape index (κ1) is 73.3. The van der Waals surface area contributed by atoms with E-state index < -0.39 is 12.1 Å². The average Bonchev–Trinajstić information content (AvgIpc) is 3.41. The molecular weight excluding hydrogens is 923 g/mol. The lowest BCUT2D eigenvalue weighted by atomic mass is 10.0. The molecule has 6 heteroatoms. The topological polar surface area (TPSA) is 95.9 Å². The molecule has 0 radical (unpaired) electrons. The minimum absolute atomic E-state index is 0.0303. The van der Waals surface area contributed by atoms with Gasteiger partial charge in [-0.1, -0.05) is 346 Å². The minimum atomic E-state index is -0.669. The Balaban J connectivity index is 3.43. The van der Waals surface area contributed by atoms with E-state index in [1.807, 2.05) is 0 Å². The fourth-order valence-corrected chi connectivity index (χ4v) is 10.8. The molecule has 2 unspecified atom stereocenters. The fraction of sp³-hybridized carbons (Fsp3) is 0.913. The van der Waals surface area contributed by atoms with Crippen LogP contribution in [-0.4, -0.2) is 47.4 Å². The largest absolute Gasteiger partial charge is 0.465 e. The first-order valence-electron chi connectivity index (χ1n) is 34.1. The number of allylic oxidation sites excluding steroid dienone is 3. The van der Waals surface area contributed by atoms with Crippen LogP contribution in [0.2, 0.25) is 0 Å². The van der Waals surface area contributed by atoms with E-state index in [0.717, 1.165) is 51.4 Å². The van der Waals surface area contributed by atoms with Gasteiger partial charge < -0.3 is 20.3 Å². The summed E-state index contributed by atoms with van der Waals surface area (Å²) in [6.45, 7) is 4.88. The van der Waals surface area contributed by atoms with Crippen molar-refractivity contribution in [3.05, 3.63) is 24.3 Å². The van der Waals surface area contributed by atoms with Crippen molar-refractivity contribution >= 4 is 11.9 Å². The van der Waals surface area contributed by atoms with E-state index in [9.17, 15) is 19.8 Å². The smallest absolute Gasteiger partial charge is 0.305 e. The van der Waals surface area contributed by atoms with Crippen molar-refractivity contribution in [3.63, 3.8) is 0 Å². The quantitative estimate of drug-likeness (QED) is 0.0320. The molecule has 0 spiro atoms. The standard InChI is InChI=1S/C69H133NO5/c1-3-5-7-9-11-13-15-17-19-21-22-26-30-33-37-41-45-49-53-57-61-67(72)66(65-71)70-68(73)62-58-54-50-46-42-38-34-31-27-24-23-25-28-32-36-40-44-48-52-56-60-64-75-69(74)63-59-55-51-47-43-39-35-29-20-18-16-14-12-10-8-6-4-2/h40,44,52,56,66-67,71-72H,3-39,41-43,45-51,53-55,57-65H2,1-2H3,(H,70,73)/b44-40-,56-52-. The Morgan fingerprint density at radius 2 is 0.667 bits per heavy atom. The minimum Gasteiger partial charge on any atom is -0.465 e. The summed E-state index contributed by atoms with van der Waals surface area (Å²) in [5.74, 6) is -0.0661. The zero-order valence-electron chi connectivity index (χ0n) is 50.8. The highest BCUT2D eigenvalue weighted by Crippen LogP contribution is 2.19. The Hall–Kier alpha value is -1.66. The molecule has 0 aromatic heterocycles. The molecule has 0 bridgehead atoms. The van der Waals surface area contributed by atoms with Gasteiger partial charge in [0, 0.05) is 12.8 Å². The van der Waals surface area contributed by atoms with E-state index in [2.05, 4.69) is 43.5 Å². The SMILES string of the molecule is CCCCCCCCCCCCCCCCCCCCCCC(O)C(CO)NC(=O)CCCCCCCCCCCCCCCC/C=C\C/C=C\CCOC(=O)CCCCCCCCCCCCCCCCCCC. The van der Waals surface area contributed by atoms with Crippen molar-refractivity contribution in [2.45, 2.75) is 392 Å². The third kappa shape index (κ3) is 61.4. The van der Waals surface area contributed by atoms with Gasteiger partial charge in [-0.25, -0.2) is 0 Å². The van der Waals surface area contributed by atoms with Crippen LogP contribution in [-0.2, 0) is 14.3 Å². The summed E-state index contributed by atoms with van der Waals surface area (Å²) in [5.41, 5.74) is 0. The van der Waals surface area contributed by atoms with E-state index in [1.54, 1.807) is 0 Å². The van der Waals surface area contributed by atoms with Crippen molar-refractivity contribution < 1.29 is 24.5 Å². The van der Waals surface area contributed by atoms with Gasteiger partial charge in [0.15, 0.2) is 0 Å². The van der Waals surface area contributed by atoms with Crippen LogP contribution in [0.3, 0.4) is 0 Å². The Bertz CT molecular complexity index is 1170. The number of aliphatic hydroxyl groups is 2. The summed E-state index contributed by atoms with van der Waals surface area (Å²) >= 11 is 0. The van der Waals surface area contributed by atoms with Gasteiger partial charge in [-0.15, -0.1) is 0 Å². The van der Waals surface area contributed by atoms with Crippen LogP contribution in [0.25, 0.3) is 0 Å². The summed E-state index contributed by atoms with van der Waals surface area (Å²) in [6.07, 6.45) is 80.8. The maximum atomic E-state index is 12.5. The Morgan fingerprint density at radius 3 is 1.01 bits per heavy atom. The zero-order chi connectivity index (χ0) is 54.3. The summed E-state index contributed by atoms with van der Waals surface area (Å²) in [5, 5.41) is 23.4. The Kier molecular flexibility index (Phi) is 63.4. The molecule has 3 N–H and O–H groups in total. The van der Waals surface area contributed by atoms with E-state index in [-0.39, 0.29) is 18.5 Å². The van der Waals surface area contributed by atoms with Crippen LogP contribution >= 0.6 is 0 Å². The second-order valence-electron chi connectivity index (χ2n) is 23.5. The van der Waals surface area contributed by atoms with Crippen molar-refractivity contribution in [2.75, 3.05) is 13.2 Å². The summed E-state index contributed by atoms with van der Waals surface area (Å²) in [7, 11) is 0. The molecule has 0 aliphatic rings. The number of nitrogens with one attached hydrogen (secondary N) is 1. The lowest BCUT2D eigenvalue weighted by molar-refractivity contribution is -0.143. The predicted octanol–water partition coefficient (Wildman–Crippen LogP) is 21.8. The van der Waals surface area contributed by atoms with Gasteiger partial charge in [-0.3, -0.25) is 9.59 Å². The van der Waals surface area contributed by atoms with Crippen LogP contribution in [0.4, 0.5) is 0 Å². The summed E-state index contributed by atoms with van der Waals surface area (Å²) in [6, 6.07) is -0.546. The maximum Gasteiger partial charge on any atom is 0.305 e. The highest BCUT2D eigenvalue weighted by Gasteiger charge is 2.20.